The van der Waals surface area contributed by atoms with Crippen LogP contribution < -0.4 is 15.4 Å². The van der Waals surface area contributed by atoms with E-state index < -0.39 is 23.3 Å². The van der Waals surface area contributed by atoms with Crippen LogP contribution in [0.5, 0.6) is 5.88 Å². The summed E-state index contributed by atoms with van der Waals surface area (Å²) in [4.78, 5) is 39.2. The van der Waals surface area contributed by atoms with Crippen molar-refractivity contribution < 1.29 is 27.5 Å². The number of alkyl halides is 3. The second-order valence-electron chi connectivity index (χ2n) is 7.81. The van der Waals surface area contributed by atoms with E-state index in [2.05, 4.69) is 25.6 Å². The average Bonchev–Trinajstić information content (AvgIpc) is 3.21. The molecular weight excluding hydrogens is 473 g/mol. The summed E-state index contributed by atoms with van der Waals surface area (Å²) in [6.45, 7) is 1.76. The number of carbonyl (C=O) groups excluding carboxylic acids is 2. The molecule has 2 aromatic heterocycles. The fourth-order valence-corrected chi connectivity index (χ4v) is 4.80. The molecule has 0 aliphatic carbocycles. The Bertz CT molecular complexity index is 1220. The third-order valence-electron chi connectivity index (χ3n) is 5.63. The van der Waals surface area contributed by atoms with Crippen LogP contribution in [0.2, 0.25) is 0 Å². The summed E-state index contributed by atoms with van der Waals surface area (Å²) < 4.78 is 44.9. The molecule has 0 unspecified atom stereocenters. The van der Waals surface area contributed by atoms with Crippen LogP contribution in [0.1, 0.15) is 30.9 Å². The normalized spacial score (nSPS) is 15.7. The van der Waals surface area contributed by atoms with E-state index >= 15 is 0 Å². The highest BCUT2D eigenvalue weighted by atomic mass is 32.1. The van der Waals surface area contributed by atoms with Crippen LogP contribution in [-0.2, 0) is 16.5 Å². The van der Waals surface area contributed by atoms with Gasteiger partial charge in [-0.1, -0.05) is 23.5 Å². The SMILES string of the molecule is COc1ncnc2sc(NC(=O)N3CCC(NC(C)=O)(c4cccc(C(F)(F)F)c4)CC3)nc12. The zero-order valence-corrected chi connectivity index (χ0v) is 19.1. The predicted molar refractivity (Wildman–Crippen MR) is 119 cm³/mol. The van der Waals surface area contributed by atoms with Crippen molar-refractivity contribution in [3.8, 4) is 5.88 Å². The van der Waals surface area contributed by atoms with Gasteiger partial charge in [-0.15, -0.1) is 0 Å². The lowest BCUT2D eigenvalue weighted by Crippen LogP contribution is -2.54. The maximum absolute atomic E-state index is 13.3. The standard InChI is InChI=1S/C21H21F3N6O3S/c1-12(31)29-20(13-4-3-5-14(10-13)21(22,23)24)6-8-30(9-7-20)19(32)28-18-27-15-16(33-2)25-11-26-17(15)34-18/h3-5,10-11H,6-9H2,1-2H3,(H,29,31)(H,27,28,32). The van der Waals surface area contributed by atoms with Gasteiger partial charge in [0.15, 0.2) is 15.5 Å². The second kappa shape index (κ2) is 9.05. The average molecular weight is 494 g/mol. The minimum absolute atomic E-state index is 0.219. The number of thiazole rings is 1. The number of halogens is 3. The molecule has 1 aliphatic rings. The van der Waals surface area contributed by atoms with E-state index in [0.717, 1.165) is 23.5 Å². The van der Waals surface area contributed by atoms with E-state index in [1.165, 1.54) is 31.3 Å². The number of hydrogen-bond donors (Lipinski definition) is 2. The van der Waals surface area contributed by atoms with E-state index in [1.807, 2.05) is 0 Å². The van der Waals surface area contributed by atoms with Gasteiger partial charge in [0.2, 0.25) is 11.8 Å². The number of hydrogen-bond acceptors (Lipinski definition) is 7. The quantitative estimate of drug-likeness (QED) is 0.572. The Morgan fingerprint density at radius 2 is 1.94 bits per heavy atom. The number of aromatic nitrogens is 3. The number of rotatable bonds is 4. The number of ether oxygens (including phenoxy) is 1. The zero-order valence-electron chi connectivity index (χ0n) is 18.3. The van der Waals surface area contributed by atoms with E-state index in [-0.39, 0.29) is 31.8 Å². The molecule has 180 valence electrons. The summed E-state index contributed by atoms with van der Waals surface area (Å²) in [6.07, 6.45) is -2.66. The van der Waals surface area contributed by atoms with E-state index in [4.69, 9.17) is 4.74 Å². The van der Waals surface area contributed by atoms with Gasteiger partial charge in [-0.05, 0) is 30.5 Å². The monoisotopic (exact) mass is 494 g/mol. The van der Waals surface area contributed by atoms with Crippen molar-refractivity contribution in [3.05, 3.63) is 41.7 Å². The van der Waals surface area contributed by atoms with Gasteiger partial charge in [0.05, 0.1) is 18.2 Å². The van der Waals surface area contributed by atoms with Gasteiger partial charge in [0, 0.05) is 20.0 Å². The summed E-state index contributed by atoms with van der Waals surface area (Å²) in [5, 5.41) is 5.87. The van der Waals surface area contributed by atoms with Crippen LogP contribution >= 0.6 is 11.3 Å². The number of carbonyl (C=O) groups is 2. The number of anilines is 1. The molecular formula is C21H21F3N6O3S. The fraction of sp³-hybridized carbons (Fsp3) is 0.381. The number of nitrogens with one attached hydrogen (secondary N) is 2. The molecule has 13 heteroatoms. The van der Waals surface area contributed by atoms with Crippen molar-refractivity contribution >= 4 is 38.8 Å². The molecule has 1 aliphatic heterocycles. The molecule has 0 bridgehead atoms. The van der Waals surface area contributed by atoms with Gasteiger partial charge in [-0.3, -0.25) is 10.1 Å². The van der Waals surface area contributed by atoms with Crippen LogP contribution in [-0.4, -0.2) is 52.0 Å². The number of benzene rings is 1. The van der Waals surface area contributed by atoms with Crippen molar-refractivity contribution in [2.24, 2.45) is 0 Å². The lowest BCUT2D eigenvalue weighted by atomic mass is 9.80. The van der Waals surface area contributed by atoms with Gasteiger partial charge in [-0.25, -0.2) is 14.8 Å². The number of fused-ring (bicyclic) bond motifs is 1. The Morgan fingerprint density at radius 1 is 1.21 bits per heavy atom. The van der Waals surface area contributed by atoms with Gasteiger partial charge in [0.25, 0.3) is 0 Å². The number of piperidine rings is 1. The molecule has 4 rings (SSSR count). The summed E-state index contributed by atoms with van der Waals surface area (Å²) >= 11 is 1.16. The summed E-state index contributed by atoms with van der Waals surface area (Å²) in [5.74, 6) is -0.0688. The minimum Gasteiger partial charge on any atom is -0.479 e. The molecule has 34 heavy (non-hydrogen) atoms. The molecule has 1 aromatic carbocycles. The molecule has 1 fully saturated rings. The predicted octanol–water partition coefficient (Wildman–Crippen LogP) is 3.77. The maximum Gasteiger partial charge on any atom is 0.416 e. The highest BCUT2D eigenvalue weighted by molar-refractivity contribution is 7.22. The third-order valence-corrected chi connectivity index (χ3v) is 6.51. The molecule has 0 saturated carbocycles. The van der Waals surface area contributed by atoms with Crippen LogP contribution in [0.4, 0.5) is 23.1 Å². The van der Waals surface area contributed by atoms with Gasteiger partial charge in [-0.2, -0.15) is 18.2 Å². The Balaban J connectivity index is 1.50. The lowest BCUT2D eigenvalue weighted by molar-refractivity contribution is -0.137. The first kappa shape index (κ1) is 23.7. The number of nitrogens with zero attached hydrogens (tertiary/aromatic N) is 4. The van der Waals surface area contributed by atoms with E-state index in [0.29, 0.717) is 26.9 Å². The Labute approximate surface area is 196 Å². The lowest BCUT2D eigenvalue weighted by Gasteiger charge is -2.42. The third kappa shape index (κ3) is 4.74. The molecule has 0 atom stereocenters. The van der Waals surface area contributed by atoms with Gasteiger partial charge < -0.3 is 15.0 Å². The van der Waals surface area contributed by atoms with Crippen molar-refractivity contribution in [2.45, 2.75) is 31.5 Å². The minimum atomic E-state index is -4.50. The van der Waals surface area contributed by atoms with Crippen molar-refractivity contribution in [1.29, 1.82) is 0 Å². The van der Waals surface area contributed by atoms with Crippen LogP contribution in [0, 0.1) is 0 Å². The van der Waals surface area contributed by atoms with E-state index in [1.54, 1.807) is 6.07 Å². The van der Waals surface area contributed by atoms with Crippen LogP contribution in [0.15, 0.2) is 30.6 Å². The highest BCUT2D eigenvalue weighted by Crippen LogP contribution is 2.37. The molecule has 9 nitrogen and oxygen atoms in total. The molecule has 0 spiro atoms. The molecule has 1 saturated heterocycles. The first-order valence-electron chi connectivity index (χ1n) is 10.3. The zero-order chi connectivity index (χ0) is 24.5. The largest absolute Gasteiger partial charge is 0.479 e. The van der Waals surface area contributed by atoms with Gasteiger partial charge in [0.1, 0.15) is 6.33 Å². The summed E-state index contributed by atoms with van der Waals surface area (Å²) in [6, 6.07) is 4.53. The Morgan fingerprint density at radius 3 is 2.59 bits per heavy atom. The van der Waals surface area contributed by atoms with Crippen LogP contribution in [0.3, 0.4) is 0 Å². The van der Waals surface area contributed by atoms with Crippen molar-refractivity contribution in [1.82, 2.24) is 25.2 Å². The highest BCUT2D eigenvalue weighted by Gasteiger charge is 2.40. The summed E-state index contributed by atoms with van der Waals surface area (Å²) in [5.41, 5.74) is -1.01. The van der Waals surface area contributed by atoms with Crippen LogP contribution in [0.25, 0.3) is 10.3 Å². The fourth-order valence-electron chi connectivity index (χ4n) is 4.01. The first-order chi connectivity index (χ1) is 16.1. The van der Waals surface area contributed by atoms with E-state index in [9.17, 15) is 22.8 Å². The molecule has 2 N–H and O–H groups in total. The molecule has 3 heterocycles. The molecule has 3 aromatic rings. The second-order valence-corrected chi connectivity index (χ2v) is 8.79. The van der Waals surface area contributed by atoms with Gasteiger partial charge >= 0.3 is 12.2 Å². The van der Waals surface area contributed by atoms with Crippen molar-refractivity contribution in [3.63, 3.8) is 0 Å². The molecule has 0 radical (unpaired) electrons. The topological polar surface area (TPSA) is 109 Å². The first-order valence-corrected chi connectivity index (χ1v) is 11.1. The summed E-state index contributed by atoms with van der Waals surface area (Å²) in [7, 11) is 1.46. The Hall–Kier alpha value is -3.48. The molecule has 3 amide bonds. The number of methoxy groups -OCH3 is 1. The number of urea groups is 1. The Kier molecular flexibility index (Phi) is 6.30. The smallest absolute Gasteiger partial charge is 0.416 e. The maximum atomic E-state index is 13.3. The van der Waals surface area contributed by atoms with Crippen molar-refractivity contribution in [2.75, 3.05) is 25.5 Å². The number of amides is 3. The number of likely N-dealkylation sites (tertiary alicyclic amines) is 1.